The number of hydrogen-bond donors (Lipinski definition) is 0. The zero-order valence-corrected chi connectivity index (χ0v) is 16.0. The lowest BCUT2D eigenvalue weighted by Crippen LogP contribution is -2.37. The minimum absolute atomic E-state index is 0.0688. The normalized spacial score (nSPS) is 18.8. The van der Waals surface area contributed by atoms with Gasteiger partial charge in [-0.25, -0.2) is 4.79 Å². The molecule has 2 aliphatic heterocycles. The molecule has 2 aromatic carbocycles. The van der Waals surface area contributed by atoms with E-state index in [1.165, 1.54) is 0 Å². The van der Waals surface area contributed by atoms with Gasteiger partial charge in [0.1, 0.15) is 6.61 Å². The van der Waals surface area contributed by atoms with Crippen LogP contribution in [0.3, 0.4) is 0 Å². The fourth-order valence-corrected chi connectivity index (χ4v) is 3.80. The maximum absolute atomic E-state index is 13.1. The van der Waals surface area contributed by atoms with Gasteiger partial charge in [0.05, 0.1) is 25.5 Å². The molecule has 0 bridgehead atoms. The molecule has 144 valence electrons. The predicted molar refractivity (Wildman–Crippen MR) is 104 cm³/mol. The lowest BCUT2D eigenvalue weighted by molar-refractivity contribution is -0.136. The van der Waals surface area contributed by atoms with Crippen molar-refractivity contribution < 1.29 is 23.8 Å². The van der Waals surface area contributed by atoms with E-state index in [9.17, 15) is 9.59 Å². The van der Waals surface area contributed by atoms with E-state index in [4.69, 9.17) is 14.2 Å². The van der Waals surface area contributed by atoms with Gasteiger partial charge in [0, 0.05) is 18.0 Å². The summed E-state index contributed by atoms with van der Waals surface area (Å²) in [6.45, 7) is 2.08. The smallest absolute Gasteiger partial charge is 0.336 e. The Bertz CT molecular complexity index is 977. The molecule has 0 N–H and O–H groups in total. The molecule has 0 unspecified atom stereocenters. The molecular weight excluding hydrogens is 358 g/mol. The van der Waals surface area contributed by atoms with Gasteiger partial charge in [-0.05, 0) is 36.8 Å². The van der Waals surface area contributed by atoms with Crippen LogP contribution in [0.25, 0.3) is 0 Å². The average molecular weight is 379 g/mol. The highest BCUT2D eigenvalue weighted by atomic mass is 16.5. The molecule has 6 heteroatoms. The highest BCUT2D eigenvalue weighted by Crippen LogP contribution is 2.43. The van der Waals surface area contributed by atoms with Crippen LogP contribution in [0.2, 0.25) is 0 Å². The summed E-state index contributed by atoms with van der Waals surface area (Å²) in [4.78, 5) is 27.2. The van der Waals surface area contributed by atoms with E-state index in [1.807, 2.05) is 43.3 Å². The third kappa shape index (κ3) is 2.91. The van der Waals surface area contributed by atoms with Gasteiger partial charge in [0.15, 0.2) is 11.5 Å². The van der Waals surface area contributed by atoms with Crippen LogP contribution in [-0.4, -0.2) is 32.7 Å². The first-order chi connectivity index (χ1) is 13.5. The first-order valence-corrected chi connectivity index (χ1v) is 9.05. The van der Waals surface area contributed by atoms with Crippen molar-refractivity contribution in [3.8, 4) is 11.5 Å². The van der Waals surface area contributed by atoms with Crippen molar-refractivity contribution in [2.75, 3.05) is 25.7 Å². The highest BCUT2D eigenvalue weighted by molar-refractivity contribution is 6.06. The first kappa shape index (κ1) is 18.1. The van der Waals surface area contributed by atoms with Gasteiger partial charge in [-0.2, -0.15) is 0 Å². The summed E-state index contributed by atoms with van der Waals surface area (Å²) in [7, 11) is 3.12. The van der Waals surface area contributed by atoms with E-state index < -0.39 is 0 Å². The Balaban J connectivity index is 1.80. The summed E-state index contributed by atoms with van der Waals surface area (Å²) >= 11 is 0. The maximum Gasteiger partial charge on any atom is 0.336 e. The van der Waals surface area contributed by atoms with Crippen molar-refractivity contribution in [1.29, 1.82) is 0 Å². The Kier molecular flexibility index (Phi) is 4.55. The molecular formula is C22H21NO5. The molecule has 0 spiro atoms. The minimum Gasteiger partial charge on any atom is -0.493 e. The zero-order valence-electron chi connectivity index (χ0n) is 16.0. The van der Waals surface area contributed by atoms with Crippen molar-refractivity contribution in [3.05, 3.63) is 64.9 Å². The van der Waals surface area contributed by atoms with Crippen LogP contribution in [-0.2, 0) is 14.3 Å². The summed E-state index contributed by atoms with van der Waals surface area (Å²) in [6.07, 6.45) is 0.178. The lowest BCUT2D eigenvalue weighted by atomic mass is 9.84. The third-order valence-corrected chi connectivity index (χ3v) is 5.22. The molecule has 0 aliphatic carbocycles. The Labute approximate surface area is 163 Å². The van der Waals surface area contributed by atoms with Crippen LogP contribution in [0.1, 0.15) is 23.5 Å². The van der Waals surface area contributed by atoms with Crippen LogP contribution in [0, 0.1) is 6.92 Å². The largest absolute Gasteiger partial charge is 0.493 e. The van der Waals surface area contributed by atoms with Gasteiger partial charge in [-0.15, -0.1) is 0 Å². The minimum atomic E-state index is -0.376. The fourth-order valence-electron chi connectivity index (χ4n) is 3.80. The number of esters is 1. The summed E-state index contributed by atoms with van der Waals surface area (Å²) in [5.41, 5.74) is 3.81. The number of aryl methyl sites for hydroxylation is 1. The van der Waals surface area contributed by atoms with Crippen LogP contribution in [0.5, 0.6) is 11.5 Å². The number of hydrogen-bond acceptors (Lipinski definition) is 5. The number of cyclic esters (lactones) is 1. The van der Waals surface area contributed by atoms with Crippen LogP contribution >= 0.6 is 0 Å². The summed E-state index contributed by atoms with van der Waals surface area (Å²) < 4.78 is 16.0. The fraction of sp³-hybridized carbons (Fsp3) is 0.273. The number of benzene rings is 2. The lowest BCUT2D eigenvalue weighted by Gasteiger charge is -2.32. The number of rotatable bonds is 4. The Morgan fingerprint density at radius 1 is 1.00 bits per heavy atom. The van der Waals surface area contributed by atoms with Crippen molar-refractivity contribution in [2.45, 2.75) is 19.3 Å². The van der Waals surface area contributed by atoms with Gasteiger partial charge >= 0.3 is 5.97 Å². The predicted octanol–water partition coefficient (Wildman–Crippen LogP) is 3.34. The van der Waals surface area contributed by atoms with Crippen molar-refractivity contribution in [3.63, 3.8) is 0 Å². The molecule has 0 aromatic heterocycles. The monoisotopic (exact) mass is 379 g/mol. The van der Waals surface area contributed by atoms with Crippen LogP contribution in [0.15, 0.2) is 53.7 Å². The van der Waals surface area contributed by atoms with E-state index in [-0.39, 0.29) is 30.8 Å². The second-order valence-corrected chi connectivity index (χ2v) is 6.87. The molecule has 0 radical (unpaired) electrons. The number of ether oxygens (including phenoxy) is 3. The van der Waals surface area contributed by atoms with E-state index in [0.717, 1.165) is 16.8 Å². The van der Waals surface area contributed by atoms with Crippen LogP contribution in [0.4, 0.5) is 5.69 Å². The molecule has 4 rings (SSSR count). The highest BCUT2D eigenvalue weighted by Gasteiger charge is 2.43. The summed E-state index contributed by atoms with van der Waals surface area (Å²) in [6, 6.07) is 13.1. The Morgan fingerprint density at radius 2 is 1.71 bits per heavy atom. The number of carbonyl (C=O) groups is 2. The molecule has 0 saturated heterocycles. The molecule has 2 aromatic rings. The van der Waals surface area contributed by atoms with E-state index >= 15 is 0 Å². The number of carbonyl (C=O) groups excluding carboxylic acids is 2. The Morgan fingerprint density at radius 3 is 2.39 bits per heavy atom. The molecule has 1 atom stereocenters. The van der Waals surface area contributed by atoms with E-state index in [0.29, 0.717) is 22.8 Å². The molecule has 0 saturated carbocycles. The second kappa shape index (κ2) is 7.03. The van der Waals surface area contributed by atoms with Gasteiger partial charge in [-0.1, -0.05) is 23.8 Å². The molecule has 6 nitrogen and oxygen atoms in total. The van der Waals surface area contributed by atoms with Crippen molar-refractivity contribution >= 4 is 17.6 Å². The van der Waals surface area contributed by atoms with E-state index in [2.05, 4.69) is 0 Å². The number of amides is 1. The SMILES string of the molecule is COc1ccc([C@@H]2CC(=O)N(c3ccc(C)cc3)C3=C2C(=O)OC3)cc1OC. The second-order valence-electron chi connectivity index (χ2n) is 6.87. The number of anilines is 1. The van der Waals surface area contributed by atoms with Gasteiger partial charge < -0.3 is 14.2 Å². The Hall–Kier alpha value is -3.28. The first-order valence-electron chi connectivity index (χ1n) is 9.05. The maximum atomic E-state index is 13.1. The molecule has 0 fully saturated rings. The molecule has 2 heterocycles. The molecule has 2 aliphatic rings. The number of methoxy groups -OCH3 is 2. The summed E-state index contributed by atoms with van der Waals surface area (Å²) in [5, 5.41) is 0. The van der Waals surface area contributed by atoms with Gasteiger partial charge in [0.2, 0.25) is 5.91 Å². The van der Waals surface area contributed by atoms with Gasteiger partial charge in [0.25, 0.3) is 0 Å². The quantitative estimate of drug-likeness (QED) is 0.763. The van der Waals surface area contributed by atoms with Gasteiger partial charge in [-0.3, -0.25) is 9.69 Å². The van der Waals surface area contributed by atoms with Crippen LogP contribution < -0.4 is 14.4 Å². The molecule has 1 amide bonds. The average Bonchev–Trinajstić information content (AvgIpc) is 3.09. The van der Waals surface area contributed by atoms with E-state index in [1.54, 1.807) is 25.2 Å². The third-order valence-electron chi connectivity index (χ3n) is 5.22. The topological polar surface area (TPSA) is 65.1 Å². The molecule has 28 heavy (non-hydrogen) atoms. The summed E-state index contributed by atoms with van der Waals surface area (Å²) in [5.74, 6) is 0.332. The van der Waals surface area contributed by atoms with Crippen molar-refractivity contribution in [1.82, 2.24) is 0 Å². The standard InChI is InChI=1S/C22H21NO5/c1-13-4-7-15(8-5-13)23-17-12-28-22(25)21(17)16(11-20(23)24)14-6-9-18(26-2)19(10-14)27-3/h4-10,16H,11-12H2,1-3H3/t16-/m0/s1. The number of nitrogens with zero attached hydrogens (tertiary/aromatic N) is 1. The zero-order chi connectivity index (χ0) is 19.8. The van der Waals surface area contributed by atoms with Crippen molar-refractivity contribution in [2.24, 2.45) is 0 Å².